The van der Waals surface area contributed by atoms with E-state index in [4.69, 9.17) is 4.74 Å². The van der Waals surface area contributed by atoms with Crippen molar-refractivity contribution in [3.8, 4) is 11.4 Å². The van der Waals surface area contributed by atoms with Crippen LogP contribution in [0, 0.1) is 5.82 Å². The summed E-state index contributed by atoms with van der Waals surface area (Å²) in [5, 5.41) is 17.3. The molecule has 4 heterocycles. The van der Waals surface area contributed by atoms with Gasteiger partial charge in [0.05, 0.1) is 18.8 Å². The Hall–Kier alpha value is -4.33. The molecule has 38 heavy (non-hydrogen) atoms. The van der Waals surface area contributed by atoms with E-state index in [2.05, 4.69) is 20.4 Å². The van der Waals surface area contributed by atoms with Crippen molar-refractivity contribution in [2.45, 2.75) is 31.5 Å². The van der Waals surface area contributed by atoms with Gasteiger partial charge in [0.15, 0.2) is 5.69 Å². The standard InChI is InChI=1S/C24H27FN8O5/c1-30(2)23(37)31-7-5-24(6-8-31)22-29-18(19(34)21(36)32(22)9-10-38-24)20(35)27-12-15-3-4-16(25)11-17(15)33-14-26-13-28-33/h3-4,11,13-14,34H,5-10,12H2,1-2H3,(H,27,35). The normalized spacial score (nSPS) is 16.2. The monoisotopic (exact) mass is 526 g/mol. The molecule has 1 fully saturated rings. The number of aromatic hydroxyl groups is 1. The molecule has 2 aliphatic rings. The fourth-order valence-corrected chi connectivity index (χ4v) is 4.86. The molecule has 13 nitrogen and oxygen atoms in total. The number of nitrogens with zero attached hydrogens (tertiary/aromatic N) is 7. The predicted octanol–water partition coefficient (Wildman–Crippen LogP) is 0.602. The second-order valence-corrected chi connectivity index (χ2v) is 9.39. The van der Waals surface area contributed by atoms with Crippen LogP contribution in [0.25, 0.3) is 5.69 Å². The molecular formula is C24H27FN8O5. The van der Waals surface area contributed by atoms with Crippen molar-refractivity contribution in [3.63, 3.8) is 0 Å². The van der Waals surface area contributed by atoms with Crippen molar-refractivity contribution in [3.05, 3.63) is 64.1 Å². The molecule has 3 amide bonds. The summed E-state index contributed by atoms with van der Waals surface area (Å²) >= 11 is 0. The van der Waals surface area contributed by atoms with Gasteiger partial charge in [0.1, 0.15) is 29.9 Å². The first-order chi connectivity index (χ1) is 18.2. The topological polar surface area (TPSA) is 148 Å². The van der Waals surface area contributed by atoms with Crippen molar-refractivity contribution < 1.29 is 23.8 Å². The minimum atomic E-state index is -0.972. The van der Waals surface area contributed by atoms with E-state index < -0.39 is 34.3 Å². The number of likely N-dealkylation sites (tertiary alicyclic amines) is 1. The molecule has 5 rings (SSSR count). The molecule has 2 aromatic heterocycles. The van der Waals surface area contributed by atoms with Crippen LogP contribution in [0.3, 0.4) is 0 Å². The average Bonchev–Trinajstić information content (AvgIpc) is 3.45. The number of carbonyl (C=O) groups is 2. The van der Waals surface area contributed by atoms with Crippen LogP contribution in [0.15, 0.2) is 35.6 Å². The summed E-state index contributed by atoms with van der Waals surface area (Å²) in [7, 11) is 3.35. The molecule has 0 bridgehead atoms. The van der Waals surface area contributed by atoms with Gasteiger partial charge < -0.3 is 25.0 Å². The number of aromatic nitrogens is 5. The lowest BCUT2D eigenvalue weighted by Crippen LogP contribution is -2.53. The Morgan fingerprint density at radius 1 is 1.24 bits per heavy atom. The zero-order chi connectivity index (χ0) is 27.0. The number of piperidine rings is 1. The molecular weight excluding hydrogens is 499 g/mol. The van der Waals surface area contributed by atoms with E-state index in [-0.39, 0.29) is 31.6 Å². The van der Waals surface area contributed by atoms with Gasteiger partial charge in [-0.1, -0.05) is 6.07 Å². The number of amides is 3. The Labute approximate surface area is 216 Å². The summed E-state index contributed by atoms with van der Waals surface area (Å²) < 4.78 is 22.7. The number of halogens is 1. The van der Waals surface area contributed by atoms with Gasteiger partial charge in [-0.25, -0.2) is 23.8 Å². The van der Waals surface area contributed by atoms with E-state index in [0.29, 0.717) is 37.2 Å². The summed E-state index contributed by atoms with van der Waals surface area (Å²) in [5.41, 5.74) is -1.24. The summed E-state index contributed by atoms with van der Waals surface area (Å²) in [4.78, 5) is 50.1. The Morgan fingerprint density at radius 3 is 2.68 bits per heavy atom. The van der Waals surface area contributed by atoms with Gasteiger partial charge in [0, 0.05) is 46.6 Å². The number of rotatable bonds is 4. The van der Waals surface area contributed by atoms with E-state index in [9.17, 15) is 23.9 Å². The van der Waals surface area contributed by atoms with Gasteiger partial charge in [0.2, 0.25) is 5.75 Å². The lowest BCUT2D eigenvalue weighted by molar-refractivity contribution is -0.113. The summed E-state index contributed by atoms with van der Waals surface area (Å²) in [6.07, 6.45) is 3.45. The fraction of sp³-hybridized carbons (Fsp3) is 0.417. The van der Waals surface area contributed by atoms with Crippen LogP contribution in [-0.2, 0) is 23.4 Å². The van der Waals surface area contributed by atoms with Crippen LogP contribution in [-0.4, -0.2) is 85.0 Å². The molecule has 0 saturated carbocycles. The number of nitrogens with one attached hydrogen (secondary N) is 1. The number of hydrogen-bond acceptors (Lipinski definition) is 8. The molecule has 1 saturated heterocycles. The van der Waals surface area contributed by atoms with Gasteiger partial charge in [-0.2, -0.15) is 5.10 Å². The van der Waals surface area contributed by atoms with Gasteiger partial charge in [-0.3, -0.25) is 14.2 Å². The average molecular weight is 527 g/mol. The first-order valence-electron chi connectivity index (χ1n) is 12.1. The molecule has 0 radical (unpaired) electrons. The highest BCUT2D eigenvalue weighted by Crippen LogP contribution is 2.38. The third kappa shape index (κ3) is 4.47. The fourth-order valence-electron chi connectivity index (χ4n) is 4.86. The highest BCUT2D eigenvalue weighted by molar-refractivity contribution is 5.94. The van der Waals surface area contributed by atoms with Crippen LogP contribution >= 0.6 is 0 Å². The highest BCUT2D eigenvalue weighted by atomic mass is 19.1. The van der Waals surface area contributed by atoms with E-state index in [1.165, 1.54) is 45.0 Å². The lowest BCUT2D eigenvalue weighted by atomic mass is 9.88. The first kappa shape index (κ1) is 25.3. The van der Waals surface area contributed by atoms with Gasteiger partial charge in [0.25, 0.3) is 11.5 Å². The van der Waals surface area contributed by atoms with E-state index >= 15 is 0 Å². The van der Waals surface area contributed by atoms with Gasteiger partial charge in [-0.15, -0.1) is 0 Å². The summed E-state index contributed by atoms with van der Waals surface area (Å²) in [6.45, 7) is 1.11. The third-order valence-electron chi connectivity index (χ3n) is 6.84. The summed E-state index contributed by atoms with van der Waals surface area (Å²) in [5.74, 6) is -1.79. The smallest absolute Gasteiger partial charge is 0.319 e. The molecule has 2 N–H and O–H groups in total. The second-order valence-electron chi connectivity index (χ2n) is 9.39. The van der Waals surface area contributed by atoms with Crippen molar-refractivity contribution in [1.29, 1.82) is 0 Å². The third-order valence-corrected chi connectivity index (χ3v) is 6.84. The van der Waals surface area contributed by atoms with Crippen molar-refractivity contribution in [1.82, 2.24) is 39.4 Å². The molecule has 3 aromatic rings. The Balaban J connectivity index is 1.41. The maximum atomic E-state index is 13.9. The minimum Gasteiger partial charge on any atom is -0.501 e. The molecule has 0 atom stereocenters. The van der Waals surface area contributed by atoms with Crippen LogP contribution in [0.2, 0.25) is 0 Å². The first-order valence-corrected chi connectivity index (χ1v) is 12.1. The van der Waals surface area contributed by atoms with Gasteiger partial charge in [-0.05, 0) is 17.7 Å². The van der Waals surface area contributed by atoms with Crippen LogP contribution < -0.4 is 10.9 Å². The zero-order valence-electron chi connectivity index (χ0n) is 20.9. The van der Waals surface area contributed by atoms with Crippen molar-refractivity contribution in [2.24, 2.45) is 0 Å². The van der Waals surface area contributed by atoms with Gasteiger partial charge >= 0.3 is 6.03 Å². The van der Waals surface area contributed by atoms with Crippen LogP contribution in [0.4, 0.5) is 9.18 Å². The molecule has 14 heteroatoms. The Kier molecular flexibility index (Phi) is 6.57. The van der Waals surface area contributed by atoms with Crippen molar-refractivity contribution >= 4 is 11.9 Å². The molecule has 0 unspecified atom stereocenters. The maximum Gasteiger partial charge on any atom is 0.319 e. The number of ether oxygens (including phenoxy) is 1. The molecule has 0 aliphatic carbocycles. The number of urea groups is 1. The molecule has 1 aromatic carbocycles. The Bertz CT molecular complexity index is 1430. The lowest BCUT2D eigenvalue weighted by Gasteiger charge is -2.44. The number of hydrogen-bond donors (Lipinski definition) is 2. The van der Waals surface area contributed by atoms with Crippen LogP contribution in [0.5, 0.6) is 5.75 Å². The molecule has 200 valence electrons. The highest BCUT2D eigenvalue weighted by Gasteiger charge is 2.45. The summed E-state index contributed by atoms with van der Waals surface area (Å²) in [6, 6.07) is 3.87. The zero-order valence-corrected chi connectivity index (χ0v) is 20.9. The second kappa shape index (κ2) is 9.85. The van der Waals surface area contributed by atoms with E-state index in [0.717, 1.165) is 0 Å². The molecule has 1 spiro atoms. The van der Waals surface area contributed by atoms with Crippen LogP contribution in [0.1, 0.15) is 34.7 Å². The SMILES string of the molecule is CN(C)C(=O)N1CCC2(CC1)OCCn1c2nc(C(=O)NCc2ccc(F)cc2-n2cncn2)c(O)c1=O. The maximum absolute atomic E-state index is 13.9. The number of fused-ring (bicyclic) bond motifs is 2. The minimum absolute atomic E-state index is 0.0584. The van der Waals surface area contributed by atoms with Crippen molar-refractivity contribution in [2.75, 3.05) is 33.8 Å². The quantitative estimate of drug-likeness (QED) is 0.502. The molecule has 2 aliphatic heterocycles. The van der Waals surface area contributed by atoms with E-state index in [1.807, 2.05) is 0 Å². The number of carbonyl (C=O) groups excluding carboxylic acids is 2. The largest absolute Gasteiger partial charge is 0.501 e. The Morgan fingerprint density at radius 2 is 2.00 bits per heavy atom. The van der Waals surface area contributed by atoms with E-state index in [1.54, 1.807) is 19.0 Å². The number of benzene rings is 1. The predicted molar refractivity (Wildman–Crippen MR) is 130 cm³/mol.